The predicted molar refractivity (Wildman–Crippen MR) is 93.7 cm³/mol. The molecule has 0 saturated heterocycles. The Balaban J connectivity index is 2.79. The van der Waals surface area contributed by atoms with Crippen molar-refractivity contribution in [1.29, 1.82) is 0 Å². The molecule has 1 nitrogen and oxygen atoms in total. The molecule has 0 heterocycles. The minimum atomic E-state index is 0.297. The molecule has 1 aromatic rings. The van der Waals surface area contributed by atoms with Gasteiger partial charge in [-0.3, -0.25) is 0 Å². The summed E-state index contributed by atoms with van der Waals surface area (Å²) in [5.74, 6) is 1.98. The third-order valence-electron chi connectivity index (χ3n) is 4.08. The monoisotopic (exact) mass is 293 g/mol. The second-order valence-electron chi connectivity index (χ2n) is 6.12. The second kappa shape index (κ2) is 9.46. The zero-order valence-corrected chi connectivity index (χ0v) is 14.4. The summed E-state index contributed by atoms with van der Waals surface area (Å²) >= 11 is 1.96. The highest BCUT2D eigenvalue weighted by Gasteiger charge is 2.29. The molecule has 0 aromatic heterocycles. The number of rotatable bonds is 10. The first-order valence-electron chi connectivity index (χ1n) is 7.90. The number of hydrogen-bond donors (Lipinski definition) is 1. The van der Waals surface area contributed by atoms with Gasteiger partial charge >= 0.3 is 0 Å². The van der Waals surface area contributed by atoms with Crippen LogP contribution in [-0.4, -0.2) is 25.1 Å². The molecule has 0 bridgehead atoms. The van der Waals surface area contributed by atoms with Crippen LogP contribution in [0.25, 0.3) is 0 Å². The van der Waals surface area contributed by atoms with Crippen molar-refractivity contribution in [3.8, 4) is 0 Å². The smallest absolute Gasteiger partial charge is 0.00754 e. The summed E-state index contributed by atoms with van der Waals surface area (Å²) in [6.45, 7) is 9.09. The Morgan fingerprint density at radius 2 is 1.90 bits per heavy atom. The summed E-state index contributed by atoms with van der Waals surface area (Å²) in [7, 11) is 0. The number of benzene rings is 1. The summed E-state index contributed by atoms with van der Waals surface area (Å²) in [5, 5.41) is 3.70. The van der Waals surface area contributed by atoms with Crippen LogP contribution < -0.4 is 5.32 Å². The summed E-state index contributed by atoms with van der Waals surface area (Å²) in [6, 6.07) is 11.1. The highest BCUT2D eigenvalue weighted by Crippen LogP contribution is 2.33. The zero-order valence-electron chi connectivity index (χ0n) is 13.6. The zero-order chi connectivity index (χ0) is 14.8. The van der Waals surface area contributed by atoms with E-state index in [1.165, 1.54) is 30.6 Å². The van der Waals surface area contributed by atoms with Gasteiger partial charge < -0.3 is 5.32 Å². The van der Waals surface area contributed by atoms with Gasteiger partial charge in [0.05, 0.1) is 0 Å². The first kappa shape index (κ1) is 17.6. The SMILES string of the molecule is CCC(CCCSC)(CNCC(C)C)c1ccccc1. The molecule has 2 heteroatoms. The first-order valence-corrected chi connectivity index (χ1v) is 9.29. The molecule has 0 spiro atoms. The van der Waals surface area contributed by atoms with Crippen LogP contribution in [0.4, 0.5) is 0 Å². The summed E-state index contributed by atoms with van der Waals surface area (Å²) in [4.78, 5) is 0. The fourth-order valence-electron chi connectivity index (χ4n) is 2.79. The highest BCUT2D eigenvalue weighted by atomic mass is 32.2. The van der Waals surface area contributed by atoms with Gasteiger partial charge in [0.25, 0.3) is 0 Å². The molecular formula is C18H31NS. The maximum Gasteiger partial charge on any atom is 0.00754 e. The molecule has 0 aliphatic rings. The van der Waals surface area contributed by atoms with Gasteiger partial charge in [-0.2, -0.15) is 11.8 Å². The molecule has 0 amide bonds. The normalized spacial score (nSPS) is 14.4. The van der Waals surface area contributed by atoms with Gasteiger partial charge in [-0.1, -0.05) is 51.1 Å². The van der Waals surface area contributed by atoms with Crippen LogP contribution in [0.5, 0.6) is 0 Å². The van der Waals surface area contributed by atoms with E-state index in [1.807, 2.05) is 11.8 Å². The van der Waals surface area contributed by atoms with Gasteiger partial charge in [0.1, 0.15) is 0 Å². The maximum atomic E-state index is 3.70. The Hall–Kier alpha value is -0.470. The molecule has 0 aliphatic heterocycles. The molecule has 0 saturated carbocycles. The van der Waals surface area contributed by atoms with Crippen LogP contribution in [0.3, 0.4) is 0 Å². The van der Waals surface area contributed by atoms with Crippen molar-refractivity contribution in [2.24, 2.45) is 5.92 Å². The molecule has 114 valence electrons. The molecule has 0 aliphatic carbocycles. The van der Waals surface area contributed by atoms with Gasteiger partial charge in [-0.25, -0.2) is 0 Å². The van der Waals surface area contributed by atoms with Crippen molar-refractivity contribution in [3.05, 3.63) is 35.9 Å². The minimum absolute atomic E-state index is 0.297. The maximum absolute atomic E-state index is 3.70. The second-order valence-corrected chi connectivity index (χ2v) is 7.11. The molecule has 1 aromatic carbocycles. The van der Waals surface area contributed by atoms with E-state index in [0.29, 0.717) is 11.3 Å². The number of thioether (sulfide) groups is 1. The topological polar surface area (TPSA) is 12.0 Å². The Labute approximate surface area is 129 Å². The van der Waals surface area contributed by atoms with Gasteiger partial charge in [0, 0.05) is 12.0 Å². The van der Waals surface area contributed by atoms with Crippen molar-refractivity contribution in [3.63, 3.8) is 0 Å². The van der Waals surface area contributed by atoms with Crippen molar-refractivity contribution >= 4 is 11.8 Å². The Kier molecular flexibility index (Phi) is 8.32. The molecule has 1 N–H and O–H groups in total. The molecule has 1 atom stereocenters. The predicted octanol–water partition coefficient (Wildman–Crippen LogP) is 4.72. The lowest BCUT2D eigenvalue weighted by atomic mass is 9.74. The Bertz CT molecular complexity index is 350. The Morgan fingerprint density at radius 3 is 2.45 bits per heavy atom. The van der Waals surface area contributed by atoms with E-state index in [4.69, 9.17) is 0 Å². The van der Waals surface area contributed by atoms with Crippen LogP contribution in [-0.2, 0) is 5.41 Å². The fraction of sp³-hybridized carbons (Fsp3) is 0.667. The lowest BCUT2D eigenvalue weighted by Gasteiger charge is -2.34. The van der Waals surface area contributed by atoms with E-state index in [9.17, 15) is 0 Å². The van der Waals surface area contributed by atoms with Crippen molar-refractivity contribution in [2.75, 3.05) is 25.1 Å². The molecule has 20 heavy (non-hydrogen) atoms. The average Bonchev–Trinajstić information content (AvgIpc) is 2.46. The van der Waals surface area contributed by atoms with Gasteiger partial charge in [-0.05, 0) is 49.3 Å². The summed E-state index contributed by atoms with van der Waals surface area (Å²) < 4.78 is 0. The standard InChI is InChI=1S/C18H31NS/c1-5-18(12-9-13-20-4,15-19-14-16(2)3)17-10-7-6-8-11-17/h6-8,10-11,16,19H,5,9,12-15H2,1-4H3. The van der Waals surface area contributed by atoms with Gasteiger partial charge in [0.2, 0.25) is 0 Å². The van der Waals surface area contributed by atoms with E-state index in [2.05, 4.69) is 62.7 Å². The fourth-order valence-corrected chi connectivity index (χ4v) is 3.22. The van der Waals surface area contributed by atoms with Crippen molar-refractivity contribution in [2.45, 2.75) is 45.4 Å². The Morgan fingerprint density at radius 1 is 1.20 bits per heavy atom. The molecular weight excluding hydrogens is 262 g/mol. The quantitative estimate of drug-likeness (QED) is 0.626. The third-order valence-corrected chi connectivity index (χ3v) is 4.78. The summed E-state index contributed by atoms with van der Waals surface area (Å²) in [5.41, 5.74) is 1.80. The van der Waals surface area contributed by atoms with E-state index in [-0.39, 0.29) is 0 Å². The van der Waals surface area contributed by atoms with Gasteiger partial charge in [0.15, 0.2) is 0 Å². The van der Waals surface area contributed by atoms with E-state index in [0.717, 1.165) is 13.1 Å². The lowest BCUT2D eigenvalue weighted by Crippen LogP contribution is -2.39. The summed E-state index contributed by atoms with van der Waals surface area (Å²) in [6.07, 6.45) is 5.98. The first-order chi connectivity index (χ1) is 9.64. The van der Waals surface area contributed by atoms with Crippen LogP contribution in [0.15, 0.2) is 30.3 Å². The lowest BCUT2D eigenvalue weighted by molar-refractivity contribution is 0.344. The third kappa shape index (κ3) is 5.49. The van der Waals surface area contributed by atoms with Crippen molar-refractivity contribution < 1.29 is 0 Å². The minimum Gasteiger partial charge on any atom is -0.316 e. The van der Waals surface area contributed by atoms with Crippen molar-refractivity contribution in [1.82, 2.24) is 5.32 Å². The largest absolute Gasteiger partial charge is 0.316 e. The van der Waals surface area contributed by atoms with E-state index in [1.54, 1.807) is 0 Å². The van der Waals surface area contributed by atoms with Gasteiger partial charge in [-0.15, -0.1) is 0 Å². The molecule has 1 unspecified atom stereocenters. The van der Waals surface area contributed by atoms with E-state index < -0.39 is 0 Å². The average molecular weight is 294 g/mol. The van der Waals surface area contributed by atoms with Crippen LogP contribution in [0, 0.1) is 5.92 Å². The van der Waals surface area contributed by atoms with Crippen LogP contribution in [0.1, 0.15) is 45.6 Å². The highest BCUT2D eigenvalue weighted by molar-refractivity contribution is 7.98. The van der Waals surface area contributed by atoms with Crippen LogP contribution >= 0.6 is 11.8 Å². The number of hydrogen-bond acceptors (Lipinski definition) is 2. The number of nitrogens with one attached hydrogen (secondary N) is 1. The molecule has 1 rings (SSSR count). The molecule has 0 radical (unpaired) electrons. The van der Waals surface area contributed by atoms with E-state index >= 15 is 0 Å². The van der Waals surface area contributed by atoms with Crippen LogP contribution in [0.2, 0.25) is 0 Å². The molecule has 0 fully saturated rings.